The molecule has 3 atom stereocenters. The van der Waals surface area contributed by atoms with Crippen LogP contribution in [0.3, 0.4) is 0 Å². The predicted molar refractivity (Wildman–Crippen MR) is 64.2 cm³/mol. The second-order valence-corrected chi connectivity index (χ2v) is 4.72. The van der Waals surface area contributed by atoms with E-state index in [1.165, 1.54) is 6.42 Å². The minimum atomic E-state index is 0.396. The van der Waals surface area contributed by atoms with Crippen LogP contribution < -0.4 is 5.32 Å². The van der Waals surface area contributed by atoms with Gasteiger partial charge in [0.05, 0.1) is 12.7 Å². The molecule has 1 fully saturated rings. The number of likely N-dealkylation sites (N-methyl/N-ethyl adjacent to an activating group) is 1. The molecular weight excluding hydrogens is 188 g/mol. The van der Waals surface area contributed by atoms with Crippen molar-refractivity contribution >= 4 is 0 Å². The highest BCUT2D eigenvalue weighted by atomic mass is 16.5. The standard InChI is InChI=1S/C12H26N2O/c1-5-10(2)12(13-4)9-14-6-7-15-11(3)8-14/h10-13H,5-9H2,1-4H3. The highest BCUT2D eigenvalue weighted by molar-refractivity contribution is 4.78. The van der Waals surface area contributed by atoms with Gasteiger partial charge in [0.1, 0.15) is 0 Å². The van der Waals surface area contributed by atoms with Crippen molar-refractivity contribution in [2.75, 3.05) is 33.3 Å². The van der Waals surface area contributed by atoms with E-state index in [1.54, 1.807) is 0 Å². The van der Waals surface area contributed by atoms with Crippen LogP contribution in [0.5, 0.6) is 0 Å². The molecule has 0 amide bonds. The molecule has 0 aliphatic carbocycles. The summed E-state index contributed by atoms with van der Waals surface area (Å²) in [4.78, 5) is 2.52. The van der Waals surface area contributed by atoms with Crippen LogP contribution in [0.4, 0.5) is 0 Å². The van der Waals surface area contributed by atoms with Crippen molar-refractivity contribution in [3.8, 4) is 0 Å². The smallest absolute Gasteiger partial charge is 0.0674 e. The summed E-state index contributed by atoms with van der Waals surface area (Å²) in [5.41, 5.74) is 0. The third-order valence-corrected chi connectivity index (χ3v) is 3.48. The Hall–Kier alpha value is -0.120. The van der Waals surface area contributed by atoms with E-state index in [1.807, 2.05) is 0 Å². The Morgan fingerprint density at radius 1 is 1.53 bits per heavy atom. The number of hydrogen-bond donors (Lipinski definition) is 1. The largest absolute Gasteiger partial charge is 0.376 e. The summed E-state index contributed by atoms with van der Waals surface area (Å²) in [6.07, 6.45) is 1.64. The lowest BCUT2D eigenvalue weighted by Gasteiger charge is -2.35. The summed E-state index contributed by atoms with van der Waals surface area (Å²) in [5.74, 6) is 0.744. The number of ether oxygens (including phenoxy) is 1. The van der Waals surface area contributed by atoms with Crippen molar-refractivity contribution < 1.29 is 4.74 Å². The van der Waals surface area contributed by atoms with Gasteiger partial charge in [-0.1, -0.05) is 20.3 Å². The van der Waals surface area contributed by atoms with Crippen LogP contribution >= 0.6 is 0 Å². The maximum atomic E-state index is 5.55. The minimum absolute atomic E-state index is 0.396. The monoisotopic (exact) mass is 214 g/mol. The fourth-order valence-electron chi connectivity index (χ4n) is 2.17. The van der Waals surface area contributed by atoms with Gasteiger partial charge in [0.25, 0.3) is 0 Å². The molecule has 1 heterocycles. The summed E-state index contributed by atoms with van der Waals surface area (Å²) in [6.45, 7) is 10.9. The van der Waals surface area contributed by atoms with Crippen molar-refractivity contribution in [1.29, 1.82) is 0 Å². The van der Waals surface area contributed by atoms with E-state index < -0.39 is 0 Å². The summed E-state index contributed by atoms with van der Waals surface area (Å²) in [5, 5.41) is 3.43. The van der Waals surface area contributed by atoms with Gasteiger partial charge in [-0.05, 0) is 19.9 Å². The van der Waals surface area contributed by atoms with Gasteiger partial charge in [-0.25, -0.2) is 0 Å². The highest BCUT2D eigenvalue weighted by Gasteiger charge is 2.21. The molecule has 1 rings (SSSR count). The van der Waals surface area contributed by atoms with Crippen molar-refractivity contribution in [2.24, 2.45) is 5.92 Å². The van der Waals surface area contributed by atoms with Crippen LogP contribution in [0.25, 0.3) is 0 Å². The Balaban J connectivity index is 2.36. The van der Waals surface area contributed by atoms with E-state index in [-0.39, 0.29) is 0 Å². The van der Waals surface area contributed by atoms with Gasteiger partial charge >= 0.3 is 0 Å². The maximum absolute atomic E-state index is 5.55. The zero-order valence-corrected chi connectivity index (χ0v) is 10.6. The molecule has 0 bridgehead atoms. The van der Waals surface area contributed by atoms with Gasteiger partial charge in [-0.3, -0.25) is 4.90 Å². The lowest BCUT2D eigenvalue weighted by Crippen LogP contribution is -2.49. The van der Waals surface area contributed by atoms with Crippen molar-refractivity contribution in [2.45, 2.75) is 39.3 Å². The average Bonchev–Trinajstić information content (AvgIpc) is 2.25. The first-order valence-corrected chi connectivity index (χ1v) is 6.18. The molecule has 0 saturated carbocycles. The van der Waals surface area contributed by atoms with Crippen LogP contribution in [0.1, 0.15) is 27.2 Å². The number of rotatable bonds is 5. The fourth-order valence-corrected chi connectivity index (χ4v) is 2.17. The van der Waals surface area contributed by atoms with Gasteiger partial charge < -0.3 is 10.1 Å². The van der Waals surface area contributed by atoms with E-state index in [9.17, 15) is 0 Å². The molecule has 15 heavy (non-hydrogen) atoms. The van der Waals surface area contributed by atoms with Crippen LogP contribution in [0, 0.1) is 5.92 Å². The van der Waals surface area contributed by atoms with Crippen LogP contribution in [-0.4, -0.2) is 50.3 Å². The summed E-state index contributed by atoms with van der Waals surface area (Å²) in [6, 6.07) is 0.611. The zero-order chi connectivity index (χ0) is 11.3. The first-order valence-electron chi connectivity index (χ1n) is 6.18. The molecule has 0 aromatic heterocycles. The van der Waals surface area contributed by atoms with E-state index >= 15 is 0 Å². The van der Waals surface area contributed by atoms with Gasteiger partial charge in [-0.2, -0.15) is 0 Å². The molecule has 1 aliphatic heterocycles. The average molecular weight is 214 g/mol. The van der Waals surface area contributed by atoms with E-state index in [4.69, 9.17) is 4.74 Å². The third-order valence-electron chi connectivity index (χ3n) is 3.48. The fraction of sp³-hybridized carbons (Fsp3) is 1.00. The lowest BCUT2D eigenvalue weighted by atomic mass is 9.98. The van der Waals surface area contributed by atoms with Crippen molar-refractivity contribution in [3.63, 3.8) is 0 Å². The number of hydrogen-bond acceptors (Lipinski definition) is 3. The molecular formula is C12H26N2O. The predicted octanol–water partition coefficient (Wildman–Crippen LogP) is 1.34. The van der Waals surface area contributed by atoms with Gasteiger partial charge in [0.15, 0.2) is 0 Å². The van der Waals surface area contributed by atoms with Gasteiger partial charge in [0, 0.05) is 25.7 Å². The second-order valence-electron chi connectivity index (χ2n) is 4.72. The number of nitrogens with one attached hydrogen (secondary N) is 1. The molecule has 0 radical (unpaired) electrons. The molecule has 90 valence electrons. The van der Waals surface area contributed by atoms with Crippen LogP contribution in [-0.2, 0) is 4.74 Å². The molecule has 0 aromatic carbocycles. The zero-order valence-electron chi connectivity index (χ0n) is 10.6. The molecule has 3 nitrogen and oxygen atoms in total. The lowest BCUT2D eigenvalue weighted by molar-refractivity contribution is -0.0225. The van der Waals surface area contributed by atoms with Crippen LogP contribution in [0.2, 0.25) is 0 Å². The maximum Gasteiger partial charge on any atom is 0.0674 e. The number of morpholine rings is 1. The first kappa shape index (κ1) is 12.9. The first-order chi connectivity index (χ1) is 7.17. The Morgan fingerprint density at radius 2 is 2.27 bits per heavy atom. The minimum Gasteiger partial charge on any atom is -0.376 e. The Labute approximate surface area is 94.2 Å². The molecule has 3 unspecified atom stereocenters. The molecule has 1 saturated heterocycles. The van der Waals surface area contributed by atoms with E-state index in [0.717, 1.165) is 32.2 Å². The molecule has 1 N–H and O–H groups in total. The van der Waals surface area contributed by atoms with E-state index in [0.29, 0.717) is 12.1 Å². The highest BCUT2D eigenvalue weighted by Crippen LogP contribution is 2.11. The topological polar surface area (TPSA) is 24.5 Å². The Morgan fingerprint density at radius 3 is 2.80 bits per heavy atom. The Kier molecular flexibility index (Phi) is 5.58. The molecule has 3 heteroatoms. The quantitative estimate of drug-likeness (QED) is 0.747. The number of nitrogens with zero attached hydrogens (tertiary/aromatic N) is 1. The molecule has 1 aliphatic rings. The van der Waals surface area contributed by atoms with E-state index in [2.05, 4.69) is 38.0 Å². The second kappa shape index (κ2) is 6.46. The Bertz CT molecular complexity index is 175. The molecule has 0 aromatic rings. The van der Waals surface area contributed by atoms with Crippen molar-refractivity contribution in [3.05, 3.63) is 0 Å². The third kappa shape index (κ3) is 4.09. The summed E-state index contributed by atoms with van der Waals surface area (Å²) < 4.78 is 5.55. The van der Waals surface area contributed by atoms with Crippen LogP contribution in [0.15, 0.2) is 0 Å². The molecule has 0 spiro atoms. The van der Waals surface area contributed by atoms with Gasteiger partial charge in [-0.15, -0.1) is 0 Å². The SMILES string of the molecule is CCC(C)C(CN1CCOC(C)C1)NC. The summed E-state index contributed by atoms with van der Waals surface area (Å²) >= 11 is 0. The normalized spacial score (nSPS) is 27.6. The summed E-state index contributed by atoms with van der Waals surface area (Å²) in [7, 11) is 2.07. The van der Waals surface area contributed by atoms with Gasteiger partial charge in [0.2, 0.25) is 0 Å². The van der Waals surface area contributed by atoms with Crippen molar-refractivity contribution in [1.82, 2.24) is 10.2 Å².